The first-order chi connectivity index (χ1) is 17.6. The molecule has 4 amide bonds. The van der Waals surface area contributed by atoms with Gasteiger partial charge in [0.25, 0.3) is 11.8 Å². The van der Waals surface area contributed by atoms with Gasteiger partial charge in [-0.3, -0.25) is 29.4 Å². The number of nitrogens with zero attached hydrogens (tertiary/aromatic N) is 1. The third kappa shape index (κ3) is 6.04. The first kappa shape index (κ1) is 25.3. The maximum atomic E-state index is 13.0. The SMILES string of the molecule is O=C1CCC(N2C(=O)c3cccc(C#CCOCCOCCOCc4ccccc4)c3C2=O)C(=O)N1. The van der Waals surface area contributed by atoms with Gasteiger partial charge in [-0.15, -0.1) is 0 Å². The molecule has 1 fully saturated rings. The van der Waals surface area contributed by atoms with Crippen molar-refractivity contribution >= 4 is 23.6 Å². The van der Waals surface area contributed by atoms with Gasteiger partial charge in [0.15, 0.2) is 0 Å². The second-order valence-corrected chi connectivity index (χ2v) is 8.18. The second kappa shape index (κ2) is 12.2. The van der Waals surface area contributed by atoms with E-state index in [0.717, 1.165) is 10.5 Å². The fourth-order valence-electron chi connectivity index (χ4n) is 3.98. The van der Waals surface area contributed by atoms with E-state index in [1.54, 1.807) is 12.1 Å². The van der Waals surface area contributed by atoms with Gasteiger partial charge in [0.1, 0.15) is 12.6 Å². The fraction of sp³-hybridized carbons (Fsp3) is 0.333. The Kier molecular flexibility index (Phi) is 8.57. The van der Waals surface area contributed by atoms with Crippen molar-refractivity contribution in [3.63, 3.8) is 0 Å². The van der Waals surface area contributed by atoms with E-state index in [0.29, 0.717) is 38.6 Å². The molecule has 1 atom stereocenters. The third-order valence-corrected chi connectivity index (χ3v) is 5.72. The van der Waals surface area contributed by atoms with Crippen LogP contribution in [0.15, 0.2) is 48.5 Å². The molecule has 2 aromatic rings. The van der Waals surface area contributed by atoms with Gasteiger partial charge >= 0.3 is 0 Å². The highest BCUT2D eigenvalue weighted by Crippen LogP contribution is 2.29. The predicted octanol–water partition coefficient (Wildman–Crippen LogP) is 1.69. The minimum Gasteiger partial charge on any atom is -0.377 e. The van der Waals surface area contributed by atoms with Crippen molar-refractivity contribution in [2.24, 2.45) is 0 Å². The van der Waals surface area contributed by atoms with Crippen LogP contribution in [0.3, 0.4) is 0 Å². The van der Waals surface area contributed by atoms with Gasteiger partial charge in [-0.2, -0.15) is 0 Å². The number of carbonyl (C=O) groups excluding carboxylic acids is 4. The molecule has 2 aliphatic heterocycles. The lowest BCUT2D eigenvalue weighted by Gasteiger charge is -2.27. The molecule has 1 unspecified atom stereocenters. The van der Waals surface area contributed by atoms with Gasteiger partial charge < -0.3 is 14.2 Å². The number of ether oxygens (including phenoxy) is 3. The van der Waals surface area contributed by atoms with Crippen LogP contribution in [0.1, 0.15) is 44.7 Å². The number of rotatable bonds is 10. The molecule has 36 heavy (non-hydrogen) atoms. The number of piperidine rings is 1. The molecule has 1 N–H and O–H groups in total. The summed E-state index contributed by atoms with van der Waals surface area (Å²) in [5.41, 5.74) is 1.85. The van der Waals surface area contributed by atoms with E-state index in [-0.39, 0.29) is 30.6 Å². The maximum absolute atomic E-state index is 13.0. The molecule has 9 nitrogen and oxygen atoms in total. The lowest BCUT2D eigenvalue weighted by atomic mass is 10.0. The van der Waals surface area contributed by atoms with Crippen molar-refractivity contribution in [1.82, 2.24) is 10.2 Å². The second-order valence-electron chi connectivity index (χ2n) is 8.18. The van der Waals surface area contributed by atoms with E-state index >= 15 is 0 Å². The molecule has 2 aliphatic rings. The third-order valence-electron chi connectivity index (χ3n) is 5.72. The lowest BCUT2D eigenvalue weighted by molar-refractivity contribution is -0.136. The summed E-state index contributed by atoms with van der Waals surface area (Å²) in [5, 5.41) is 2.18. The number of hydrogen-bond donors (Lipinski definition) is 1. The topological polar surface area (TPSA) is 111 Å². The zero-order chi connectivity index (χ0) is 25.3. The van der Waals surface area contributed by atoms with Crippen LogP contribution in [0, 0.1) is 11.8 Å². The van der Waals surface area contributed by atoms with Crippen LogP contribution in [-0.2, 0) is 30.4 Å². The zero-order valence-electron chi connectivity index (χ0n) is 19.7. The molecular formula is C27H26N2O7. The monoisotopic (exact) mass is 490 g/mol. The Morgan fingerprint density at radius 2 is 1.61 bits per heavy atom. The highest BCUT2D eigenvalue weighted by molar-refractivity contribution is 6.24. The molecule has 1 saturated heterocycles. The summed E-state index contributed by atoms with van der Waals surface area (Å²) in [6.45, 7) is 2.34. The number of amides is 4. The van der Waals surface area contributed by atoms with Crippen LogP contribution in [0.5, 0.6) is 0 Å². The van der Waals surface area contributed by atoms with Crippen molar-refractivity contribution in [3.8, 4) is 11.8 Å². The highest BCUT2D eigenvalue weighted by atomic mass is 16.5. The summed E-state index contributed by atoms with van der Waals surface area (Å²) in [6.07, 6.45) is 0.171. The minimum atomic E-state index is -1.01. The largest absolute Gasteiger partial charge is 0.377 e. The van der Waals surface area contributed by atoms with Crippen LogP contribution in [0.2, 0.25) is 0 Å². The number of fused-ring (bicyclic) bond motifs is 1. The quantitative estimate of drug-likeness (QED) is 0.307. The molecular weight excluding hydrogens is 464 g/mol. The Morgan fingerprint density at radius 3 is 2.39 bits per heavy atom. The number of benzene rings is 2. The van der Waals surface area contributed by atoms with E-state index in [9.17, 15) is 19.2 Å². The molecule has 0 saturated carbocycles. The molecule has 0 bridgehead atoms. The zero-order valence-corrected chi connectivity index (χ0v) is 19.7. The van der Waals surface area contributed by atoms with E-state index < -0.39 is 29.7 Å². The van der Waals surface area contributed by atoms with E-state index in [4.69, 9.17) is 14.2 Å². The molecule has 4 rings (SSSR count). The van der Waals surface area contributed by atoms with Gasteiger partial charge in [0.2, 0.25) is 11.8 Å². The number of nitrogens with one attached hydrogen (secondary N) is 1. The molecule has 2 heterocycles. The molecule has 186 valence electrons. The maximum Gasteiger partial charge on any atom is 0.263 e. The summed E-state index contributed by atoms with van der Waals surface area (Å²) >= 11 is 0. The van der Waals surface area contributed by atoms with Gasteiger partial charge in [-0.05, 0) is 24.1 Å². The molecule has 9 heteroatoms. The van der Waals surface area contributed by atoms with Crippen molar-refractivity contribution < 1.29 is 33.4 Å². The standard InChI is InChI=1S/C27H26N2O7/c30-23-12-11-22(25(31)28-23)29-26(32)21-10-4-8-20(24(21)27(29)33)9-5-13-34-14-15-35-16-17-36-18-19-6-2-1-3-7-19/h1-4,6-8,10,22H,11-18H2,(H,28,30,31). The summed E-state index contributed by atoms with van der Waals surface area (Å²) in [7, 11) is 0. The Balaban J connectivity index is 1.21. The summed E-state index contributed by atoms with van der Waals surface area (Å²) in [6, 6.07) is 13.7. The first-order valence-corrected chi connectivity index (χ1v) is 11.7. The Morgan fingerprint density at radius 1 is 0.861 bits per heavy atom. The average Bonchev–Trinajstić information content (AvgIpc) is 3.13. The highest BCUT2D eigenvalue weighted by Gasteiger charge is 2.45. The molecule has 0 spiro atoms. The van der Waals surface area contributed by atoms with Crippen LogP contribution in [-0.4, -0.2) is 67.6 Å². The van der Waals surface area contributed by atoms with Crippen LogP contribution < -0.4 is 5.32 Å². The summed E-state index contributed by atoms with van der Waals surface area (Å²) < 4.78 is 16.5. The number of hydrogen-bond acceptors (Lipinski definition) is 7. The van der Waals surface area contributed by atoms with E-state index in [1.807, 2.05) is 30.3 Å². The van der Waals surface area contributed by atoms with Crippen molar-refractivity contribution in [3.05, 3.63) is 70.8 Å². The molecule has 0 aromatic heterocycles. The lowest BCUT2D eigenvalue weighted by Crippen LogP contribution is -2.54. The summed E-state index contributed by atoms with van der Waals surface area (Å²) in [4.78, 5) is 50.4. The molecule has 0 aliphatic carbocycles. The van der Waals surface area contributed by atoms with Gasteiger partial charge in [-0.1, -0.05) is 48.2 Å². The smallest absolute Gasteiger partial charge is 0.263 e. The van der Waals surface area contributed by atoms with E-state index in [2.05, 4.69) is 17.2 Å². The number of imide groups is 2. The molecule has 0 radical (unpaired) electrons. The average molecular weight is 491 g/mol. The van der Waals surface area contributed by atoms with Crippen molar-refractivity contribution in [2.75, 3.05) is 33.0 Å². The van der Waals surface area contributed by atoms with Crippen LogP contribution >= 0.6 is 0 Å². The van der Waals surface area contributed by atoms with Crippen molar-refractivity contribution in [2.45, 2.75) is 25.5 Å². The predicted molar refractivity (Wildman–Crippen MR) is 128 cm³/mol. The minimum absolute atomic E-state index is 0.0677. The van der Waals surface area contributed by atoms with Gasteiger partial charge in [-0.25, -0.2) is 0 Å². The fourth-order valence-corrected chi connectivity index (χ4v) is 3.98. The normalized spacial score (nSPS) is 17.0. The Bertz CT molecular complexity index is 1200. The van der Waals surface area contributed by atoms with Crippen molar-refractivity contribution in [1.29, 1.82) is 0 Å². The van der Waals surface area contributed by atoms with E-state index in [1.165, 1.54) is 6.07 Å². The van der Waals surface area contributed by atoms with Crippen LogP contribution in [0.25, 0.3) is 0 Å². The first-order valence-electron chi connectivity index (χ1n) is 11.7. The van der Waals surface area contributed by atoms with Crippen LogP contribution in [0.4, 0.5) is 0 Å². The molecule has 2 aromatic carbocycles. The Hall–Kier alpha value is -3.84. The van der Waals surface area contributed by atoms with Gasteiger partial charge in [0.05, 0.1) is 44.2 Å². The summed E-state index contributed by atoms with van der Waals surface area (Å²) in [5.74, 6) is 3.52. The van der Waals surface area contributed by atoms with Gasteiger partial charge in [0, 0.05) is 12.0 Å². The number of carbonyl (C=O) groups is 4. The Labute approximate surface area is 208 Å².